The number of anilines is 1. The van der Waals surface area contributed by atoms with Gasteiger partial charge in [0.05, 0.1) is 14.2 Å². The standard InChI is InChI=1S/C19H19FN2O6/c1-26-15-6-12(7-16(9-15)27-2)19(25)21-10-18(24)28-11-17(23)22-14-5-3-4-13(20)8-14/h3-9H,10-11H2,1-2H3,(H,21,25)(H,22,23). The zero-order chi connectivity index (χ0) is 20.5. The molecule has 8 nitrogen and oxygen atoms in total. The van der Waals surface area contributed by atoms with E-state index in [9.17, 15) is 18.8 Å². The van der Waals surface area contributed by atoms with Gasteiger partial charge >= 0.3 is 5.97 Å². The van der Waals surface area contributed by atoms with Gasteiger partial charge in [-0.05, 0) is 30.3 Å². The summed E-state index contributed by atoms with van der Waals surface area (Å²) in [5.41, 5.74) is 0.467. The van der Waals surface area contributed by atoms with Crippen molar-refractivity contribution in [2.75, 3.05) is 32.7 Å². The summed E-state index contributed by atoms with van der Waals surface area (Å²) in [6.07, 6.45) is 0. The fraction of sp³-hybridized carbons (Fsp3) is 0.211. The number of esters is 1. The van der Waals surface area contributed by atoms with E-state index < -0.39 is 36.8 Å². The fourth-order valence-electron chi connectivity index (χ4n) is 2.15. The number of hydrogen-bond donors (Lipinski definition) is 2. The molecule has 2 N–H and O–H groups in total. The Labute approximate surface area is 160 Å². The highest BCUT2D eigenvalue weighted by Crippen LogP contribution is 2.22. The van der Waals surface area contributed by atoms with Crippen molar-refractivity contribution in [3.05, 3.63) is 53.8 Å². The third-order valence-corrected chi connectivity index (χ3v) is 3.48. The van der Waals surface area contributed by atoms with Gasteiger partial charge in [-0.25, -0.2) is 4.39 Å². The Morgan fingerprint density at radius 2 is 1.68 bits per heavy atom. The van der Waals surface area contributed by atoms with Gasteiger partial charge in [-0.2, -0.15) is 0 Å². The van der Waals surface area contributed by atoms with Gasteiger partial charge in [0.1, 0.15) is 23.9 Å². The summed E-state index contributed by atoms with van der Waals surface area (Å²) in [7, 11) is 2.89. The van der Waals surface area contributed by atoms with Crippen molar-refractivity contribution in [1.82, 2.24) is 5.32 Å². The Balaban J connectivity index is 1.80. The first kappa shape index (κ1) is 20.7. The Bertz CT molecular complexity index is 849. The molecule has 0 saturated heterocycles. The van der Waals surface area contributed by atoms with E-state index >= 15 is 0 Å². The summed E-state index contributed by atoms with van der Waals surface area (Å²) in [6.45, 7) is -1.01. The zero-order valence-electron chi connectivity index (χ0n) is 15.3. The average molecular weight is 390 g/mol. The van der Waals surface area contributed by atoms with E-state index in [1.54, 1.807) is 6.07 Å². The Kier molecular flexibility index (Phi) is 7.32. The van der Waals surface area contributed by atoms with E-state index in [1.165, 1.54) is 44.6 Å². The molecule has 0 unspecified atom stereocenters. The molecule has 0 bridgehead atoms. The maximum Gasteiger partial charge on any atom is 0.325 e. The van der Waals surface area contributed by atoms with Crippen LogP contribution in [0.25, 0.3) is 0 Å². The third kappa shape index (κ3) is 6.27. The summed E-state index contributed by atoms with van der Waals surface area (Å²) >= 11 is 0. The minimum absolute atomic E-state index is 0.229. The number of methoxy groups -OCH3 is 2. The molecule has 0 aliphatic rings. The first-order chi connectivity index (χ1) is 13.4. The molecule has 0 radical (unpaired) electrons. The molecular formula is C19H19FN2O6. The molecule has 9 heteroatoms. The van der Waals surface area contributed by atoms with Crippen LogP contribution in [0.1, 0.15) is 10.4 Å². The lowest BCUT2D eigenvalue weighted by Crippen LogP contribution is -2.32. The van der Waals surface area contributed by atoms with Crippen LogP contribution in [-0.2, 0) is 14.3 Å². The number of carbonyl (C=O) groups is 3. The second kappa shape index (κ2) is 9.91. The lowest BCUT2D eigenvalue weighted by atomic mass is 10.2. The number of nitrogens with one attached hydrogen (secondary N) is 2. The summed E-state index contributed by atoms with van der Waals surface area (Å²) in [5, 5.41) is 4.76. The van der Waals surface area contributed by atoms with Crippen molar-refractivity contribution in [3.8, 4) is 11.5 Å². The third-order valence-electron chi connectivity index (χ3n) is 3.48. The smallest absolute Gasteiger partial charge is 0.325 e. The molecule has 0 aliphatic carbocycles. The predicted molar refractivity (Wildman–Crippen MR) is 97.9 cm³/mol. The van der Waals surface area contributed by atoms with Crippen LogP contribution in [0.15, 0.2) is 42.5 Å². The molecule has 0 spiro atoms. The monoisotopic (exact) mass is 390 g/mol. The van der Waals surface area contributed by atoms with Gasteiger partial charge in [-0.3, -0.25) is 14.4 Å². The molecular weight excluding hydrogens is 371 g/mol. The topological polar surface area (TPSA) is 103 Å². The first-order valence-corrected chi connectivity index (χ1v) is 8.13. The van der Waals surface area contributed by atoms with Gasteiger partial charge < -0.3 is 24.8 Å². The Hall–Kier alpha value is -3.62. The van der Waals surface area contributed by atoms with Gasteiger partial charge in [0.25, 0.3) is 11.8 Å². The molecule has 28 heavy (non-hydrogen) atoms. The molecule has 0 aromatic heterocycles. The van der Waals surface area contributed by atoms with Gasteiger partial charge in [-0.15, -0.1) is 0 Å². The summed E-state index contributed by atoms with van der Waals surface area (Å²) in [4.78, 5) is 35.6. The molecule has 148 valence electrons. The lowest BCUT2D eigenvalue weighted by Gasteiger charge is -2.09. The van der Waals surface area contributed by atoms with Crippen molar-refractivity contribution in [1.29, 1.82) is 0 Å². The van der Waals surface area contributed by atoms with Crippen LogP contribution in [-0.4, -0.2) is 45.2 Å². The van der Waals surface area contributed by atoms with Crippen molar-refractivity contribution < 1.29 is 33.0 Å². The molecule has 2 rings (SSSR count). The van der Waals surface area contributed by atoms with E-state index in [1.807, 2.05) is 0 Å². The number of hydrogen-bond acceptors (Lipinski definition) is 6. The lowest BCUT2D eigenvalue weighted by molar-refractivity contribution is -0.146. The number of amides is 2. The van der Waals surface area contributed by atoms with Gasteiger partial charge in [0, 0.05) is 17.3 Å². The maximum absolute atomic E-state index is 13.1. The van der Waals surface area contributed by atoms with Crippen molar-refractivity contribution in [2.24, 2.45) is 0 Å². The van der Waals surface area contributed by atoms with Gasteiger partial charge in [0.15, 0.2) is 6.61 Å². The predicted octanol–water partition coefficient (Wildman–Crippen LogP) is 1.75. The van der Waals surface area contributed by atoms with Gasteiger partial charge in [0.2, 0.25) is 0 Å². The van der Waals surface area contributed by atoms with Crippen LogP contribution < -0.4 is 20.1 Å². The molecule has 0 fully saturated rings. The summed E-state index contributed by atoms with van der Waals surface area (Å²) < 4.78 is 28.0. The van der Waals surface area contributed by atoms with E-state index in [4.69, 9.17) is 14.2 Å². The maximum atomic E-state index is 13.1. The van der Waals surface area contributed by atoms with E-state index in [0.29, 0.717) is 11.5 Å². The highest BCUT2D eigenvalue weighted by molar-refractivity contribution is 5.97. The van der Waals surface area contributed by atoms with Crippen LogP contribution in [0.5, 0.6) is 11.5 Å². The van der Waals surface area contributed by atoms with E-state index in [-0.39, 0.29) is 11.3 Å². The summed E-state index contributed by atoms with van der Waals surface area (Å²) in [6, 6.07) is 9.84. The number of rotatable bonds is 8. The minimum atomic E-state index is -0.808. The number of carbonyl (C=O) groups excluding carboxylic acids is 3. The second-order valence-electron chi connectivity index (χ2n) is 5.50. The largest absolute Gasteiger partial charge is 0.497 e. The van der Waals surface area contributed by atoms with Crippen LogP contribution >= 0.6 is 0 Å². The Morgan fingerprint density at radius 3 is 2.29 bits per heavy atom. The molecule has 2 amide bonds. The first-order valence-electron chi connectivity index (χ1n) is 8.13. The van der Waals surface area contributed by atoms with Crippen LogP contribution in [0.3, 0.4) is 0 Å². The molecule has 0 aliphatic heterocycles. The van der Waals surface area contributed by atoms with E-state index in [0.717, 1.165) is 6.07 Å². The number of halogens is 1. The molecule has 0 atom stereocenters. The Morgan fingerprint density at radius 1 is 1.00 bits per heavy atom. The zero-order valence-corrected chi connectivity index (χ0v) is 15.3. The summed E-state index contributed by atoms with van der Waals surface area (Å²) in [5.74, 6) is -1.66. The number of benzene rings is 2. The van der Waals surface area contributed by atoms with E-state index in [2.05, 4.69) is 10.6 Å². The average Bonchev–Trinajstić information content (AvgIpc) is 2.69. The van der Waals surface area contributed by atoms with Crippen molar-refractivity contribution in [2.45, 2.75) is 0 Å². The molecule has 2 aromatic carbocycles. The van der Waals surface area contributed by atoms with Crippen LogP contribution in [0.2, 0.25) is 0 Å². The van der Waals surface area contributed by atoms with Crippen molar-refractivity contribution in [3.63, 3.8) is 0 Å². The molecule has 0 heterocycles. The van der Waals surface area contributed by atoms with Gasteiger partial charge in [-0.1, -0.05) is 6.07 Å². The molecule has 2 aromatic rings. The normalized spacial score (nSPS) is 9.96. The van der Waals surface area contributed by atoms with Crippen LogP contribution in [0, 0.1) is 5.82 Å². The second-order valence-corrected chi connectivity index (χ2v) is 5.50. The highest BCUT2D eigenvalue weighted by Gasteiger charge is 2.13. The number of ether oxygens (including phenoxy) is 3. The molecule has 0 saturated carbocycles. The SMILES string of the molecule is COc1cc(OC)cc(C(=O)NCC(=O)OCC(=O)Nc2cccc(F)c2)c1. The van der Waals surface area contributed by atoms with Crippen molar-refractivity contribution >= 4 is 23.5 Å². The quantitative estimate of drug-likeness (QED) is 0.666. The van der Waals surface area contributed by atoms with Crippen LogP contribution in [0.4, 0.5) is 10.1 Å². The fourth-order valence-corrected chi connectivity index (χ4v) is 2.15. The highest BCUT2D eigenvalue weighted by atomic mass is 19.1. The minimum Gasteiger partial charge on any atom is -0.497 e.